The number of nitrogens with one attached hydrogen (secondary N) is 2. The third kappa shape index (κ3) is 4.01. The first-order chi connectivity index (χ1) is 15.2. The molecule has 0 saturated carbocycles. The van der Waals surface area contributed by atoms with Crippen molar-refractivity contribution in [2.75, 3.05) is 23.9 Å². The third-order valence-electron chi connectivity index (χ3n) is 5.54. The topological polar surface area (TPSA) is 79.0 Å². The summed E-state index contributed by atoms with van der Waals surface area (Å²) in [5, 5.41) is 12.6. The first-order valence-corrected chi connectivity index (χ1v) is 10.7. The molecule has 1 aliphatic heterocycles. The Bertz CT molecular complexity index is 1210. The fourth-order valence-electron chi connectivity index (χ4n) is 3.93. The van der Waals surface area contributed by atoms with Gasteiger partial charge < -0.3 is 15.0 Å². The van der Waals surface area contributed by atoms with Gasteiger partial charge in [-0.1, -0.05) is 41.9 Å². The number of rotatable bonds is 6. The van der Waals surface area contributed by atoms with Gasteiger partial charge in [-0.05, 0) is 42.2 Å². The highest BCUT2D eigenvalue weighted by molar-refractivity contribution is 6.31. The van der Waals surface area contributed by atoms with Gasteiger partial charge in [0.1, 0.15) is 11.6 Å². The van der Waals surface area contributed by atoms with Crippen LogP contribution >= 0.6 is 11.6 Å². The van der Waals surface area contributed by atoms with Gasteiger partial charge in [-0.15, -0.1) is 0 Å². The molecule has 8 heteroatoms. The lowest BCUT2D eigenvalue weighted by molar-refractivity contribution is 0.414. The Hall–Kier alpha value is -3.32. The zero-order valence-corrected chi connectivity index (χ0v) is 18.0. The summed E-state index contributed by atoms with van der Waals surface area (Å²) in [6.45, 7) is 2.20. The van der Waals surface area contributed by atoms with Crippen molar-refractivity contribution in [2.45, 2.75) is 25.9 Å². The van der Waals surface area contributed by atoms with Crippen molar-refractivity contribution in [3.8, 4) is 5.75 Å². The molecule has 158 valence electrons. The lowest BCUT2D eigenvalue weighted by Gasteiger charge is -2.23. The van der Waals surface area contributed by atoms with Crippen molar-refractivity contribution in [3.05, 3.63) is 70.4 Å². The van der Waals surface area contributed by atoms with E-state index in [2.05, 4.69) is 37.5 Å². The van der Waals surface area contributed by atoms with Crippen molar-refractivity contribution in [3.63, 3.8) is 0 Å². The molecule has 0 amide bonds. The molecule has 5 rings (SSSR count). The van der Waals surface area contributed by atoms with E-state index in [-0.39, 0.29) is 0 Å². The van der Waals surface area contributed by atoms with Gasteiger partial charge >= 0.3 is 0 Å². The van der Waals surface area contributed by atoms with Crippen LogP contribution in [-0.4, -0.2) is 33.8 Å². The van der Waals surface area contributed by atoms with Crippen molar-refractivity contribution >= 4 is 34.4 Å². The molecule has 0 radical (unpaired) electrons. The maximum Gasteiger partial charge on any atom is 0.226 e. The molecule has 4 aromatic rings. The molecule has 0 aliphatic carbocycles. The molecule has 2 aromatic carbocycles. The number of hydrogen-bond acceptors (Lipinski definition) is 6. The molecule has 0 fully saturated rings. The second-order valence-electron chi connectivity index (χ2n) is 7.58. The summed E-state index contributed by atoms with van der Waals surface area (Å²) < 4.78 is 5.29. The normalized spacial score (nSPS) is 13.3. The van der Waals surface area contributed by atoms with Crippen LogP contribution in [0.5, 0.6) is 5.75 Å². The second-order valence-corrected chi connectivity index (χ2v) is 7.99. The summed E-state index contributed by atoms with van der Waals surface area (Å²) in [5.74, 6) is 2.32. The summed E-state index contributed by atoms with van der Waals surface area (Å²) in [6.07, 6.45) is 1.91. The molecule has 1 aliphatic rings. The fraction of sp³-hybridized carbons (Fsp3) is 0.261. The summed E-state index contributed by atoms with van der Waals surface area (Å²) >= 11 is 6.30. The van der Waals surface area contributed by atoms with Crippen LogP contribution in [0.2, 0.25) is 5.02 Å². The van der Waals surface area contributed by atoms with E-state index in [9.17, 15) is 0 Å². The van der Waals surface area contributed by atoms with Crippen molar-refractivity contribution in [2.24, 2.45) is 0 Å². The van der Waals surface area contributed by atoms with Crippen LogP contribution in [0.3, 0.4) is 0 Å². The monoisotopic (exact) mass is 434 g/mol. The van der Waals surface area contributed by atoms with Crippen LogP contribution in [0.15, 0.2) is 48.5 Å². The first-order valence-electron chi connectivity index (χ1n) is 10.3. The van der Waals surface area contributed by atoms with Crippen LogP contribution in [0, 0.1) is 0 Å². The number of halogens is 1. The van der Waals surface area contributed by atoms with Gasteiger partial charge in [0.05, 0.1) is 18.2 Å². The number of anilines is 2. The van der Waals surface area contributed by atoms with E-state index in [1.165, 1.54) is 5.56 Å². The Morgan fingerprint density at radius 2 is 1.97 bits per heavy atom. The van der Waals surface area contributed by atoms with Crippen molar-refractivity contribution in [1.29, 1.82) is 0 Å². The van der Waals surface area contributed by atoms with Crippen LogP contribution in [-0.2, 0) is 19.5 Å². The smallest absolute Gasteiger partial charge is 0.226 e. The van der Waals surface area contributed by atoms with Gasteiger partial charge in [0.2, 0.25) is 5.95 Å². The minimum Gasteiger partial charge on any atom is -0.497 e. The highest BCUT2D eigenvalue weighted by atomic mass is 35.5. The minimum atomic E-state index is 0.546. The molecule has 0 saturated heterocycles. The van der Waals surface area contributed by atoms with Crippen LogP contribution in [0.25, 0.3) is 11.0 Å². The Labute approximate surface area is 185 Å². The van der Waals surface area contributed by atoms with E-state index >= 15 is 0 Å². The summed E-state index contributed by atoms with van der Waals surface area (Å²) in [7, 11) is 1.68. The van der Waals surface area contributed by atoms with Crippen molar-refractivity contribution < 1.29 is 4.74 Å². The number of methoxy groups -OCH3 is 1. The first kappa shape index (κ1) is 19.6. The summed E-state index contributed by atoms with van der Waals surface area (Å²) in [4.78, 5) is 11.9. The largest absolute Gasteiger partial charge is 0.497 e. The zero-order valence-electron chi connectivity index (χ0n) is 17.2. The van der Waals surface area contributed by atoms with E-state index in [0.29, 0.717) is 12.5 Å². The number of benzene rings is 2. The lowest BCUT2D eigenvalue weighted by Crippen LogP contribution is -2.25. The molecular weight excluding hydrogens is 412 g/mol. The third-order valence-corrected chi connectivity index (χ3v) is 5.91. The highest BCUT2D eigenvalue weighted by Gasteiger charge is 2.23. The molecule has 0 atom stereocenters. The van der Waals surface area contributed by atoms with Gasteiger partial charge in [0.25, 0.3) is 0 Å². The number of hydrogen-bond donors (Lipinski definition) is 2. The predicted molar refractivity (Wildman–Crippen MR) is 123 cm³/mol. The molecule has 0 unspecified atom stereocenters. The van der Waals surface area contributed by atoms with Crippen molar-refractivity contribution in [1.82, 2.24) is 20.2 Å². The molecule has 0 spiro atoms. The second kappa shape index (κ2) is 8.43. The summed E-state index contributed by atoms with van der Waals surface area (Å²) in [5.41, 5.74) is 3.98. The van der Waals surface area contributed by atoms with Crippen LogP contribution in [0.4, 0.5) is 11.8 Å². The van der Waals surface area contributed by atoms with Crippen LogP contribution in [0.1, 0.15) is 23.2 Å². The van der Waals surface area contributed by atoms with E-state index < -0.39 is 0 Å². The average Bonchev–Trinajstić information content (AvgIpc) is 3.12. The number of nitrogens with zero attached hydrogens (tertiary/aromatic N) is 4. The van der Waals surface area contributed by atoms with Gasteiger partial charge in [0, 0.05) is 24.7 Å². The number of aromatic amines is 1. The number of H-pyrrole nitrogens is 1. The standard InChI is InChI=1S/C23H23ClN6O/c1-31-17-10-8-15(9-11-17)14-30-12-4-7-19-20-21(29-28-19)26-23(27-22(20)30)25-13-16-5-2-3-6-18(16)24/h2-3,5-6,8-11H,4,7,12-14H2,1H3,(H2,25,26,27,28,29). The predicted octanol–water partition coefficient (Wildman–Crippen LogP) is 4.58. The molecule has 2 aromatic heterocycles. The maximum atomic E-state index is 6.30. The van der Waals surface area contributed by atoms with Gasteiger partial charge in [-0.25, -0.2) is 0 Å². The molecular formula is C23H23ClN6O. The highest BCUT2D eigenvalue weighted by Crippen LogP contribution is 2.32. The molecule has 31 heavy (non-hydrogen) atoms. The molecule has 2 N–H and O–H groups in total. The van der Waals surface area contributed by atoms with Crippen LogP contribution < -0.4 is 15.0 Å². The van der Waals surface area contributed by atoms with Gasteiger partial charge in [-0.2, -0.15) is 15.1 Å². The van der Waals surface area contributed by atoms with E-state index in [1.54, 1.807) is 7.11 Å². The maximum absolute atomic E-state index is 6.30. The molecule has 3 heterocycles. The Kier molecular flexibility index (Phi) is 5.34. The zero-order chi connectivity index (χ0) is 21.2. The number of aryl methyl sites for hydroxylation is 1. The average molecular weight is 435 g/mol. The molecule has 7 nitrogen and oxygen atoms in total. The fourth-order valence-corrected chi connectivity index (χ4v) is 4.13. The Morgan fingerprint density at radius 1 is 1.13 bits per heavy atom. The Balaban J connectivity index is 1.46. The molecule has 0 bridgehead atoms. The van der Waals surface area contributed by atoms with Gasteiger partial charge in [-0.3, -0.25) is 5.10 Å². The minimum absolute atomic E-state index is 0.546. The van der Waals surface area contributed by atoms with Gasteiger partial charge in [0.15, 0.2) is 5.65 Å². The summed E-state index contributed by atoms with van der Waals surface area (Å²) in [6, 6.07) is 15.9. The van der Waals surface area contributed by atoms with E-state index in [4.69, 9.17) is 21.3 Å². The number of aromatic nitrogens is 4. The Morgan fingerprint density at radius 3 is 2.77 bits per heavy atom. The SMILES string of the molecule is COc1ccc(CN2CCCc3n[nH]c4nc(NCc5ccccc5Cl)nc2c34)cc1. The van der Waals surface area contributed by atoms with E-state index in [0.717, 1.165) is 64.8 Å². The lowest BCUT2D eigenvalue weighted by atomic mass is 10.2. The number of ether oxygens (including phenoxy) is 1. The van der Waals surface area contributed by atoms with E-state index in [1.807, 2.05) is 36.4 Å². The quantitative estimate of drug-likeness (QED) is 0.462.